The van der Waals surface area contributed by atoms with Crippen LogP contribution in [-0.2, 0) is 0 Å². The highest BCUT2D eigenvalue weighted by Crippen LogP contribution is 2.43. The van der Waals surface area contributed by atoms with E-state index in [4.69, 9.17) is 0 Å². The molecule has 2 heteroatoms. The second-order valence-electron chi connectivity index (χ2n) is 10.5. The molecule has 0 radical (unpaired) electrons. The maximum atomic E-state index is 12.4. The second kappa shape index (κ2) is 10.5. The molecule has 1 aromatic carbocycles. The van der Waals surface area contributed by atoms with Crippen molar-refractivity contribution in [1.82, 2.24) is 0 Å². The van der Waals surface area contributed by atoms with Crippen molar-refractivity contribution in [3.8, 4) is 0 Å². The van der Waals surface area contributed by atoms with Crippen LogP contribution < -0.4 is 0 Å². The van der Waals surface area contributed by atoms with Crippen molar-refractivity contribution in [3.63, 3.8) is 0 Å². The molecule has 2 aliphatic carbocycles. The number of rotatable bonds is 5. The SMILES string of the molecule is CC(=CC1CCC(C2CCC(CC=C(F)F)CC2)CC1)c1c(C)c(C)c(C)c(C)c1C. The molecule has 3 rings (SSSR count). The lowest BCUT2D eigenvalue weighted by Gasteiger charge is -2.37. The van der Waals surface area contributed by atoms with Gasteiger partial charge in [0.1, 0.15) is 0 Å². The molecule has 0 heterocycles. The third-order valence-corrected chi connectivity index (χ3v) is 8.86. The predicted molar refractivity (Wildman–Crippen MR) is 130 cm³/mol. The quantitative estimate of drug-likeness (QED) is 0.438. The van der Waals surface area contributed by atoms with Crippen LogP contribution >= 0.6 is 0 Å². The Hall–Kier alpha value is -1.44. The van der Waals surface area contributed by atoms with Gasteiger partial charge in [-0.2, -0.15) is 8.78 Å². The van der Waals surface area contributed by atoms with Gasteiger partial charge in [0, 0.05) is 0 Å². The Kier molecular flexibility index (Phi) is 8.16. The van der Waals surface area contributed by atoms with E-state index in [2.05, 4.69) is 47.6 Å². The minimum atomic E-state index is -1.51. The van der Waals surface area contributed by atoms with Crippen LogP contribution in [0.2, 0.25) is 0 Å². The maximum Gasteiger partial charge on any atom is 0.266 e. The lowest BCUT2D eigenvalue weighted by atomic mass is 9.68. The van der Waals surface area contributed by atoms with Crippen LogP contribution in [0.3, 0.4) is 0 Å². The van der Waals surface area contributed by atoms with Gasteiger partial charge in [0.05, 0.1) is 0 Å². The summed E-state index contributed by atoms with van der Waals surface area (Å²) in [7, 11) is 0. The highest BCUT2D eigenvalue weighted by Gasteiger charge is 2.30. The second-order valence-corrected chi connectivity index (χ2v) is 10.5. The zero-order valence-electron chi connectivity index (χ0n) is 20.6. The van der Waals surface area contributed by atoms with Gasteiger partial charge in [-0.3, -0.25) is 0 Å². The average Bonchev–Trinajstić information content (AvgIpc) is 2.76. The molecular formula is C29H42F2. The lowest BCUT2D eigenvalue weighted by Crippen LogP contribution is -2.25. The van der Waals surface area contributed by atoms with E-state index >= 15 is 0 Å². The summed E-state index contributed by atoms with van der Waals surface area (Å²) in [4.78, 5) is 0. The summed E-state index contributed by atoms with van der Waals surface area (Å²) in [6, 6.07) is 0. The molecule has 172 valence electrons. The summed E-state index contributed by atoms with van der Waals surface area (Å²) in [5, 5.41) is 0. The molecule has 0 spiro atoms. The molecule has 2 aliphatic rings. The van der Waals surface area contributed by atoms with E-state index in [0.717, 1.165) is 30.8 Å². The highest BCUT2D eigenvalue weighted by atomic mass is 19.3. The van der Waals surface area contributed by atoms with Crippen molar-refractivity contribution >= 4 is 5.57 Å². The topological polar surface area (TPSA) is 0 Å². The summed E-state index contributed by atoms with van der Waals surface area (Å²) >= 11 is 0. The maximum absolute atomic E-state index is 12.4. The summed E-state index contributed by atoms with van der Waals surface area (Å²) < 4.78 is 24.7. The van der Waals surface area contributed by atoms with Crippen LogP contribution in [0.5, 0.6) is 0 Å². The van der Waals surface area contributed by atoms with E-state index in [1.54, 1.807) is 0 Å². The van der Waals surface area contributed by atoms with Gasteiger partial charge in [0.2, 0.25) is 0 Å². The lowest BCUT2D eigenvalue weighted by molar-refractivity contribution is 0.156. The zero-order chi connectivity index (χ0) is 22.7. The van der Waals surface area contributed by atoms with E-state index in [-0.39, 0.29) is 0 Å². The summed E-state index contributed by atoms with van der Waals surface area (Å²) in [5.41, 5.74) is 10.1. The van der Waals surface area contributed by atoms with Crippen molar-refractivity contribution in [3.05, 3.63) is 51.6 Å². The van der Waals surface area contributed by atoms with Crippen LogP contribution in [0.15, 0.2) is 18.2 Å². The van der Waals surface area contributed by atoms with E-state index in [0.29, 0.717) is 18.3 Å². The Bertz CT molecular complexity index is 796. The van der Waals surface area contributed by atoms with Gasteiger partial charge in [-0.25, -0.2) is 0 Å². The van der Waals surface area contributed by atoms with Gasteiger partial charge in [0.25, 0.3) is 6.08 Å². The predicted octanol–water partition coefficient (Wildman–Crippen LogP) is 9.42. The molecule has 0 bridgehead atoms. The fourth-order valence-electron chi connectivity index (χ4n) is 6.46. The first-order chi connectivity index (χ1) is 14.7. The van der Waals surface area contributed by atoms with E-state index in [1.807, 2.05) is 0 Å². The average molecular weight is 429 g/mol. The molecule has 2 fully saturated rings. The molecule has 0 amide bonds. The van der Waals surface area contributed by atoms with Crippen molar-refractivity contribution in [2.75, 3.05) is 0 Å². The fraction of sp³-hybridized carbons (Fsp3) is 0.655. The Morgan fingerprint density at radius 2 is 1.16 bits per heavy atom. The normalized spacial score (nSPS) is 27.3. The van der Waals surface area contributed by atoms with Crippen LogP contribution in [0.4, 0.5) is 8.78 Å². The van der Waals surface area contributed by atoms with E-state index in [9.17, 15) is 8.78 Å². The Balaban J connectivity index is 1.57. The fourth-order valence-corrected chi connectivity index (χ4v) is 6.46. The van der Waals surface area contributed by atoms with Gasteiger partial charge >= 0.3 is 0 Å². The Morgan fingerprint density at radius 1 is 0.710 bits per heavy atom. The van der Waals surface area contributed by atoms with Gasteiger partial charge in [-0.15, -0.1) is 0 Å². The molecule has 0 unspecified atom stereocenters. The van der Waals surface area contributed by atoms with Gasteiger partial charge in [-0.1, -0.05) is 6.08 Å². The first-order valence-corrected chi connectivity index (χ1v) is 12.5. The van der Waals surface area contributed by atoms with Gasteiger partial charge < -0.3 is 0 Å². The highest BCUT2D eigenvalue weighted by molar-refractivity contribution is 5.72. The van der Waals surface area contributed by atoms with Crippen LogP contribution in [0.25, 0.3) is 5.57 Å². The summed E-state index contributed by atoms with van der Waals surface area (Å²) in [6.45, 7) is 13.7. The molecule has 31 heavy (non-hydrogen) atoms. The third kappa shape index (κ3) is 5.68. The number of hydrogen-bond acceptors (Lipinski definition) is 0. The van der Waals surface area contributed by atoms with Gasteiger partial charge in [-0.05, 0) is 168 Å². The zero-order valence-corrected chi connectivity index (χ0v) is 20.6. The first-order valence-electron chi connectivity index (χ1n) is 12.5. The molecule has 1 aromatic rings. The summed E-state index contributed by atoms with van der Waals surface area (Å²) in [5.74, 6) is 2.86. The number of halogens is 2. The third-order valence-electron chi connectivity index (χ3n) is 8.86. The van der Waals surface area contributed by atoms with Crippen molar-refractivity contribution in [1.29, 1.82) is 0 Å². The molecular weight excluding hydrogens is 386 g/mol. The van der Waals surface area contributed by atoms with Crippen LogP contribution in [0.1, 0.15) is 98.1 Å². The van der Waals surface area contributed by atoms with Crippen LogP contribution in [0, 0.1) is 58.3 Å². The van der Waals surface area contributed by atoms with Crippen molar-refractivity contribution < 1.29 is 8.78 Å². The molecule has 0 aliphatic heterocycles. The number of allylic oxidation sites excluding steroid dienone is 3. The standard InChI is InChI=1S/C29H42F2/c1-18(29-22(5)20(3)19(2)21(4)23(29)6)17-25-9-14-27(15-10-25)26-12-7-24(8-13-26)11-16-28(30)31/h16-17,24-27H,7-15H2,1-6H3. The Morgan fingerprint density at radius 3 is 1.65 bits per heavy atom. The smallest absolute Gasteiger partial charge is 0.174 e. The molecule has 0 aromatic heterocycles. The largest absolute Gasteiger partial charge is 0.266 e. The number of hydrogen-bond donors (Lipinski definition) is 0. The molecule has 0 N–H and O–H groups in total. The molecule has 0 atom stereocenters. The van der Waals surface area contributed by atoms with Crippen LogP contribution in [-0.4, -0.2) is 0 Å². The van der Waals surface area contributed by atoms with E-state index < -0.39 is 6.08 Å². The molecule has 2 saturated carbocycles. The van der Waals surface area contributed by atoms with Crippen molar-refractivity contribution in [2.45, 2.75) is 99.3 Å². The monoisotopic (exact) mass is 428 g/mol. The first kappa shape index (κ1) is 24.2. The Labute approximate surface area is 189 Å². The summed E-state index contributed by atoms with van der Waals surface area (Å²) in [6.07, 6.45) is 12.8. The van der Waals surface area contributed by atoms with E-state index in [1.165, 1.54) is 77.5 Å². The molecule has 0 saturated heterocycles. The molecule has 0 nitrogen and oxygen atoms in total. The number of benzene rings is 1. The minimum absolute atomic E-state index is 0.479. The minimum Gasteiger partial charge on any atom is -0.174 e. The van der Waals surface area contributed by atoms with Gasteiger partial charge in [0.15, 0.2) is 0 Å². The van der Waals surface area contributed by atoms with Crippen molar-refractivity contribution in [2.24, 2.45) is 23.7 Å².